The molecule has 0 unspecified atom stereocenters. The Morgan fingerprint density at radius 2 is 2.05 bits per heavy atom. The lowest BCUT2D eigenvalue weighted by Crippen LogP contribution is -2.19. The van der Waals surface area contributed by atoms with Crippen molar-refractivity contribution >= 4 is 17.0 Å². The first-order valence-electron chi connectivity index (χ1n) is 7.08. The van der Waals surface area contributed by atoms with Crippen molar-refractivity contribution in [1.29, 1.82) is 0 Å². The van der Waals surface area contributed by atoms with Crippen molar-refractivity contribution in [1.82, 2.24) is 9.55 Å². The number of imidazole rings is 1. The van der Waals surface area contributed by atoms with Crippen LogP contribution in [0.5, 0.6) is 0 Å². The van der Waals surface area contributed by atoms with E-state index < -0.39 is 5.97 Å². The van der Waals surface area contributed by atoms with Gasteiger partial charge in [0.05, 0.1) is 16.6 Å². The zero-order valence-electron chi connectivity index (χ0n) is 12.6. The minimum atomic E-state index is -0.896. The standard InChI is InChI=1S/C16H22N2O2/c1-5-6-9-18-13-10-11(14(19)20)7-8-12(13)17-15(18)16(2,3)4/h7-8,10H,5-6,9H2,1-4H3,(H,19,20). The number of aromatic nitrogens is 2. The molecule has 0 amide bonds. The molecule has 0 aliphatic carbocycles. The van der Waals surface area contributed by atoms with Crippen LogP contribution in [0, 0.1) is 0 Å². The normalized spacial score (nSPS) is 12.0. The quantitative estimate of drug-likeness (QED) is 0.921. The predicted molar refractivity (Wildman–Crippen MR) is 80.3 cm³/mol. The Morgan fingerprint density at radius 1 is 1.35 bits per heavy atom. The smallest absolute Gasteiger partial charge is 0.335 e. The Kier molecular flexibility index (Phi) is 3.84. The van der Waals surface area contributed by atoms with E-state index in [0.717, 1.165) is 36.2 Å². The van der Waals surface area contributed by atoms with Gasteiger partial charge in [0, 0.05) is 12.0 Å². The third kappa shape index (κ3) is 2.69. The maximum Gasteiger partial charge on any atom is 0.335 e. The first kappa shape index (κ1) is 14.6. The fourth-order valence-corrected chi connectivity index (χ4v) is 2.37. The summed E-state index contributed by atoms with van der Waals surface area (Å²) < 4.78 is 2.17. The molecule has 2 aromatic rings. The topological polar surface area (TPSA) is 55.1 Å². The van der Waals surface area contributed by atoms with E-state index in [1.165, 1.54) is 0 Å². The summed E-state index contributed by atoms with van der Waals surface area (Å²) in [7, 11) is 0. The van der Waals surface area contributed by atoms with Crippen LogP contribution in [0.3, 0.4) is 0 Å². The Labute approximate surface area is 119 Å². The molecule has 0 aliphatic heterocycles. The molecule has 0 saturated heterocycles. The lowest BCUT2D eigenvalue weighted by molar-refractivity contribution is 0.0697. The van der Waals surface area contributed by atoms with Crippen molar-refractivity contribution in [3.63, 3.8) is 0 Å². The molecule has 1 aromatic heterocycles. The van der Waals surface area contributed by atoms with Crippen molar-refractivity contribution in [2.24, 2.45) is 0 Å². The van der Waals surface area contributed by atoms with Crippen molar-refractivity contribution in [2.45, 2.75) is 52.5 Å². The summed E-state index contributed by atoms with van der Waals surface area (Å²) in [5.41, 5.74) is 2.05. The van der Waals surface area contributed by atoms with Gasteiger partial charge in [-0.1, -0.05) is 34.1 Å². The summed E-state index contributed by atoms with van der Waals surface area (Å²) in [6, 6.07) is 5.15. The fraction of sp³-hybridized carbons (Fsp3) is 0.500. The summed E-state index contributed by atoms with van der Waals surface area (Å²) in [6.07, 6.45) is 2.16. The van der Waals surface area contributed by atoms with Crippen LogP contribution in [0.2, 0.25) is 0 Å². The third-order valence-corrected chi connectivity index (χ3v) is 3.40. The monoisotopic (exact) mass is 274 g/mol. The first-order chi connectivity index (χ1) is 9.34. The third-order valence-electron chi connectivity index (χ3n) is 3.40. The minimum Gasteiger partial charge on any atom is -0.478 e. The van der Waals surface area contributed by atoms with Gasteiger partial charge in [-0.25, -0.2) is 9.78 Å². The molecule has 0 bridgehead atoms. The van der Waals surface area contributed by atoms with Crippen molar-refractivity contribution in [2.75, 3.05) is 0 Å². The van der Waals surface area contributed by atoms with Crippen LogP contribution >= 0.6 is 0 Å². The maximum atomic E-state index is 11.1. The highest BCUT2D eigenvalue weighted by Crippen LogP contribution is 2.27. The zero-order chi connectivity index (χ0) is 14.9. The van der Waals surface area contributed by atoms with Crippen molar-refractivity contribution < 1.29 is 9.90 Å². The minimum absolute atomic E-state index is 0.0594. The van der Waals surface area contributed by atoms with E-state index in [1.807, 2.05) is 0 Å². The van der Waals surface area contributed by atoms with Crippen LogP contribution < -0.4 is 0 Å². The van der Waals surface area contributed by atoms with Crippen LogP contribution in [0.1, 0.15) is 56.7 Å². The number of fused-ring (bicyclic) bond motifs is 1. The van der Waals surface area contributed by atoms with Gasteiger partial charge in [0.1, 0.15) is 5.82 Å². The van der Waals surface area contributed by atoms with E-state index >= 15 is 0 Å². The molecule has 0 spiro atoms. The van der Waals surface area contributed by atoms with Crippen LogP contribution in [-0.2, 0) is 12.0 Å². The lowest BCUT2D eigenvalue weighted by atomic mass is 9.95. The van der Waals surface area contributed by atoms with Crippen molar-refractivity contribution in [3.8, 4) is 0 Å². The van der Waals surface area contributed by atoms with E-state index in [9.17, 15) is 4.79 Å². The first-order valence-corrected chi connectivity index (χ1v) is 7.08. The van der Waals surface area contributed by atoms with E-state index in [2.05, 4.69) is 32.3 Å². The molecule has 0 saturated carbocycles. The number of hydrogen-bond acceptors (Lipinski definition) is 2. The zero-order valence-corrected chi connectivity index (χ0v) is 12.6. The number of hydrogen-bond donors (Lipinski definition) is 1. The Hall–Kier alpha value is -1.84. The largest absolute Gasteiger partial charge is 0.478 e. The molecule has 0 radical (unpaired) electrons. The lowest BCUT2D eigenvalue weighted by Gasteiger charge is -2.20. The molecular formula is C16H22N2O2. The Balaban J connectivity index is 2.65. The highest BCUT2D eigenvalue weighted by Gasteiger charge is 2.23. The van der Waals surface area contributed by atoms with E-state index in [4.69, 9.17) is 10.1 Å². The molecule has 1 heterocycles. The number of carboxylic acids is 1. The van der Waals surface area contributed by atoms with Crippen LogP contribution in [0.25, 0.3) is 11.0 Å². The highest BCUT2D eigenvalue weighted by atomic mass is 16.4. The fourth-order valence-electron chi connectivity index (χ4n) is 2.37. The SMILES string of the molecule is CCCCn1c(C(C)(C)C)nc2ccc(C(=O)O)cc21. The molecule has 0 aliphatic rings. The Morgan fingerprint density at radius 3 is 2.60 bits per heavy atom. The van der Waals surface area contributed by atoms with Crippen LogP contribution in [-0.4, -0.2) is 20.6 Å². The second-order valence-electron chi connectivity index (χ2n) is 6.20. The predicted octanol–water partition coefficient (Wildman–Crippen LogP) is 3.83. The summed E-state index contributed by atoms with van der Waals surface area (Å²) in [6.45, 7) is 9.43. The number of nitrogens with zero attached hydrogens (tertiary/aromatic N) is 2. The second-order valence-corrected chi connectivity index (χ2v) is 6.20. The van der Waals surface area contributed by atoms with Gasteiger partial charge in [0.15, 0.2) is 0 Å². The summed E-state index contributed by atoms with van der Waals surface area (Å²) >= 11 is 0. The molecule has 4 nitrogen and oxygen atoms in total. The van der Waals surface area contributed by atoms with Crippen LogP contribution in [0.15, 0.2) is 18.2 Å². The molecule has 0 atom stereocenters. The molecule has 108 valence electrons. The molecule has 4 heteroatoms. The Bertz CT molecular complexity index is 636. The molecule has 1 aromatic carbocycles. The second kappa shape index (κ2) is 5.27. The van der Waals surface area contributed by atoms with Gasteiger partial charge in [-0.05, 0) is 24.6 Å². The van der Waals surface area contributed by atoms with Gasteiger partial charge in [0.2, 0.25) is 0 Å². The van der Waals surface area contributed by atoms with E-state index in [-0.39, 0.29) is 5.41 Å². The van der Waals surface area contributed by atoms with Gasteiger partial charge in [-0.2, -0.15) is 0 Å². The highest BCUT2D eigenvalue weighted by molar-refractivity contribution is 5.92. The van der Waals surface area contributed by atoms with Crippen LogP contribution in [0.4, 0.5) is 0 Å². The number of aromatic carboxylic acids is 1. The summed E-state index contributed by atoms with van der Waals surface area (Å²) in [4.78, 5) is 15.9. The molecular weight excluding hydrogens is 252 g/mol. The number of carboxylic acid groups (broad SMARTS) is 1. The van der Waals surface area contributed by atoms with Gasteiger partial charge in [0.25, 0.3) is 0 Å². The van der Waals surface area contributed by atoms with E-state index in [0.29, 0.717) is 5.56 Å². The molecule has 20 heavy (non-hydrogen) atoms. The number of rotatable bonds is 4. The molecule has 1 N–H and O–H groups in total. The van der Waals surface area contributed by atoms with Gasteiger partial charge >= 0.3 is 5.97 Å². The van der Waals surface area contributed by atoms with Gasteiger partial charge in [-0.15, -0.1) is 0 Å². The van der Waals surface area contributed by atoms with Gasteiger partial charge in [-0.3, -0.25) is 0 Å². The number of unbranched alkanes of at least 4 members (excludes halogenated alkanes) is 1. The number of carbonyl (C=O) groups is 1. The van der Waals surface area contributed by atoms with Crippen molar-refractivity contribution in [3.05, 3.63) is 29.6 Å². The molecule has 2 rings (SSSR count). The molecule has 0 fully saturated rings. The van der Waals surface area contributed by atoms with E-state index in [1.54, 1.807) is 18.2 Å². The summed E-state index contributed by atoms with van der Waals surface area (Å²) in [5, 5.41) is 9.15. The number of aryl methyl sites for hydroxylation is 1. The number of benzene rings is 1. The average Bonchev–Trinajstić information content (AvgIpc) is 2.73. The maximum absolute atomic E-state index is 11.1. The average molecular weight is 274 g/mol. The van der Waals surface area contributed by atoms with Gasteiger partial charge < -0.3 is 9.67 Å². The summed E-state index contributed by atoms with van der Waals surface area (Å²) in [5.74, 6) is 0.121.